The van der Waals surface area contributed by atoms with Crippen molar-refractivity contribution in [2.24, 2.45) is 5.73 Å². The zero-order valence-electron chi connectivity index (χ0n) is 19.3. The van der Waals surface area contributed by atoms with Gasteiger partial charge < -0.3 is 26.4 Å². The van der Waals surface area contributed by atoms with Gasteiger partial charge in [-0.25, -0.2) is 14.5 Å². The highest BCUT2D eigenvalue weighted by atomic mass is 16.5. The van der Waals surface area contributed by atoms with Crippen molar-refractivity contribution in [1.29, 1.82) is 0 Å². The fourth-order valence-electron chi connectivity index (χ4n) is 4.13. The van der Waals surface area contributed by atoms with Crippen molar-refractivity contribution in [2.45, 2.75) is 37.8 Å². The van der Waals surface area contributed by atoms with Gasteiger partial charge in [-0.1, -0.05) is 0 Å². The number of carbonyl (C=O) groups excluding carboxylic acids is 1. The Morgan fingerprint density at radius 3 is 2.63 bits per heavy atom. The topological polar surface area (TPSA) is 144 Å². The van der Waals surface area contributed by atoms with Gasteiger partial charge in [-0.15, -0.1) is 5.10 Å². The first-order valence-electron chi connectivity index (χ1n) is 11.5. The van der Waals surface area contributed by atoms with Crippen LogP contribution in [0.15, 0.2) is 55.1 Å². The highest BCUT2D eigenvalue weighted by molar-refractivity contribution is 6.03. The Labute approximate surface area is 202 Å². The fourth-order valence-corrected chi connectivity index (χ4v) is 4.13. The minimum atomic E-state index is -0.331. The molecule has 0 spiro atoms. The number of nitrogens with zero attached hydrogens (tertiary/aromatic N) is 5. The molecule has 1 amide bonds. The number of methoxy groups -OCH3 is 1. The molecule has 1 aliphatic rings. The van der Waals surface area contributed by atoms with Gasteiger partial charge in [-0.2, -0.15) is 0 Å². The number of amides is 1. The van der Waals surface area contributed by atoms with E-state index in [4.69, 9.17) is 15.6 Å². The lowest BCUT2D eigenvalue weighted by Crippen LogP contribution is -2.33. The molecule has 1 fully saturated rings. The van der Waals surface area contributed by atoms with Gasteiger partial charge >= 0.3 is 0 Å². The number of carbonyl (C=O) groups is 1. The van der Waals surface area contributed by atoms with Crippen LogP contribution >= 0.6 is 0 Å². The van der Waals surface area contributed by atoms with E-state index < -0.39 is 0 Å². The van der Waals surface area contributed by atoms with Gasteiger partial charge in [0, 0.05) is 48.5 Å². The van der Waals surface area contributed by atoms with E-state index in [9.17, 15) is 4.79 Å². The Morgan fingerprint density at radius 2 is 1.86 bits per heavy atom. The number of anilines is 4. The predicted octanol–water partition coefficient (Wildman–Crippen LogP) is 3.21. The summed E-state index contributed by atoms with van der Waals surface area (Å²) in [5.41, 5.74) is 8.14. The van der Waals surface area contributed by atoms with E-state index in [0.29, 0.717) is 40.1 Å². The van der Waals surface area contributed by atoms with Crippen molar-refractivity contribution in [3.63, 3.8) is 0 Å². The molecule has 0 aliphatic heterocycles. The average molecular weight is 474 g/mol. The standard InChI is InChI=1S/C24H27N9O2/c1-35-18-8-11-27-21(12-18)31-19-13-22(29-16-4-2-15(25)3-5-16)32-33-20(14-28-23(19)33)24(34)30-17-6-9-26-10-7-17/h6-16H,2-5,25H2,1H3,(H,27,31)(H,29,32)(H,26,30,34). The molecule has 4 aromatic heterocycles. The van der Waals surface area contributed by atoms with Gasteiger partial charge in [0.1, 0.15) is 17.4 Å². The summed E-state index contributed by atoms with van der Waals surface area (Å²) in [6.07, 6.45) is 10.2. The lowest BCUT2D eigenvalue weighted by atomic mass is 9.92. The smallest absolute Gasteiger partial charge is 0.276 e. The van der Waals surface area contributed by atoms with Crippen molar-refractivity contribution in [2.75, 3.05) is 23.1 Å². The first-order chi connectivity index (χ1) is 17.1. The van der Waals surface area contributed by atoms with Crippen molar-refractivity contribution in [3.05, 3.63) is 60.8 Å². The number of fused-ring (bicyclic) bond motifs is 1. The number of hydrogen-bond donors (Lipinski definition) is 4. The Kier molecular flexibility index (Phi) is 6.40. The fraction of sp³-hybridized carbons (Fsp3) is 0.292. The third-order valence-corrected chi connectivity index (χ3v) is 5.99. The predicted molar refractivity (Wildman–Crippen MR) is 133 cm³/mol. The average Bonchev–Trinajstić information content (AvgIpc) is 3.31. The van der Waals surface area contributed by atoms with Crippen LogP contribution in [-0.4, -0.2) is 49.7 Å². The van der Waals surface area contributed by atoms with Crippen LogP contribution in [0, 0.1) is 0 Å². The number of ether oxygens (including phenoxy) is 1. The molecule has 180 valence electrons. The van der Waals surface area contributed by atoms with Crippen molar-refractivity contribution in [1.82, 2.24) is 24.6 Å². The van der Waals surface area contributed by atoms with Crippen LogP contribution in [0.25, 0.3) is 5.65 Å². The number of nitrogens with one attached hydrogen (secondary N) is 3. The third-order valence-electron chi connectivity index (χ3n) is 5.99. The van der Waals surface area contributed by atoms with Gasteiger partial charge in [0.05, 0.1) is 19.0 Å². The minimum absolute atomic E-state index is 0.247. The minimum Gasteiger partial charge on any atom is -0.497 e. The number of aromatic nitrogens is 5. The lowest BCUT2D eigenvalue weighted by molar-refractivity contribution is 0.102. The van der Waals surface area contributed by atoms with Crippen molar-refractivity contribution in [3.8, 4) is 5.75 Å². The van der Waals surface area contributed by atoms with E-state index in [1.807, 2.05) is 6.07 Å². The van der Waals surface area contributed by atoms with E-state index in [2.05, 4.69) is 30.9 Å². The van der Waals surface area contributed by atoms with Crippen molar-refractivity contribution >= 4 is 34.6 Å². The third kappa shape index (κ3) is 5.14. The number of rotatable bonds is 7. The summed E-state index contributed by atoms with van der Waals surface area (Å²) in [6, 6.07) is 9.37. The van der Waals surface area contributed by atoms with Crippen LogP contribution in [-0.2, 0) is 0 Å². The molecule has 4 heterocycles. The summed E-state index contributed by atoms with van der Waals surface area (Å²) in [4.78, 5) is 25.9. The van der Waals surface area contributed by atoms with Crippen LogP contribution in [0.4, 0.5) is 23.0 Å². The summed E-state index contributed by atoms with van der Waals surface area (Å²) in [6.45, 7) is 0. The van der Waals surface area contributed by atoms with Crippen LogP contribution < -0.4 is 26.4 Å². The second-order valence-corrected chi connectivity index (χ2v) is 8.47. The van der Waals surface area contributed by atoms with Gasteiger partial charge in [-0.05, 0) is 43.9 Å². The first kappa shape index (κ1) is 22.5. The van der Waals surface area contributed by atoms with Crippen LogP contribution in [0.1, 0.15) is 36.2 Å². The molecular weight excluding hydrogens is 446 g/mol. The SMILES string of the molecule is COc1ccnc(Nc2cc(NC3CCC(N)CC3)nn3c(C(=O)Nc4ccncc4)cnc23)c1. The largest absolute Gasteiger partial charge is 0.497 e. The molecule has 0 atom stereocenters. The molecule has 1 aliphatic carbocycles. The van der Waals surface area contributed by atoms with Gasteiger partial charge in [0.15, 0.2) is 11.3 Å². The molecule has 4 aromatic rings. The Hall–Kier alpha value is -4.25. The second-order valence-electron chi connectivity index (χ2n) is 8.47. The number of nitrogens with two attached hydrogens (primary N) is 1. The Bertz CT molecular complexity index is 1320. The maximum Gasteiger partial charge on any atom is 0.276 e. The summed E-state index contributed by atoms with van der Waals surface area (Å²) in [7, 11) is 1.60. The van der Waals surface area contributed by atoms with E-state index in [-0.39, 0.29) is 18.0 Å². The molecule has 0 unspecified atom stereocenters. The molecule has 0 saturated heterocycles. The number of imidazole rings is 1. The molecule has 1 saturated carbocycles. The van der Waals surface area contributed by atoms with E-state index in [1.54, 1.807) is 50.0 Å². The molecule has 0 radical (unpaired) electrons. The molecular formula is C24H27N9O2. The monoisotopic (exact) mass is 473 g/mol. The lowest BCUT2D eigenvalue weighted by Gasteiger charge is -2.27. The molecule has 11 heteroatoms. The summed E-state index contributed by atoms with van der Waals surface area (Å²) in [5.74, 6) is 1.55. The van der Waals surface area contributed by atoms with Crippen LogP contribution in [0.3, 0.4) is 0 Å². The molecule has 5 N–H and O–H groups in total. The molecule has 11 nitrogen and oxygen atoms in total. The van der Waals surface area contributed by atoms with E-state index in [1.165, 1.54) is 10.7 Å². The Morgan fingerprint density at radius 1 is 1.06 bits per heavy atom. The highest BCUT2D eigenvalue weighted by Gasteiger charge is 2.21. The molecule has 0 bridgehead atoms. The first-order valence-corrected chi connectivity index (χ1v) is 11.5. The maximum atomic E-state index is 13.1. The van der Waals surface area contributed by atoms with Crippen LogP contribution in [0.5, 0.6) is 5.75 Å². The van der Waals surface area contributed by atoms with E-state index >= 15 is 0 Å². The molecule has 5 rings (SSSR count). The van der Waals surface area contributed by atoms with Crippen molar-refractivity contribution < 1.29 is 9.53 Å². The zero-order chi connectivity index (χ0) is 24.2. The number of pyridine rings is 2. The van der Waals surface area contributed by atoms with Gasteiger partial charge in [0.2, 0.25) is 0 Å². The maximum absolute atomic E-state index is 13.1. The quantitative estimate of drug-likeness (QED) is 0.318. The highest BCUT2D eigenvalue weighted by Crippen LogP contribution is 2.27. The molecule has 0 aromatic carbocycles. The molecule has 35 heavy (non-hydrogen) atoms. The summed E-state index contributed by atoms with van der Waals surface area (Å²) >= 11 is 0. The zero-order valence-corrected chi connectivity index (χ0v) is 19.3. The Balaban J connectivity index is 1.50. The summed E-state index contributed by atoms with van der Waals surface area (Å²) < 4.78 is 6.85. The number of hydrogen-bond acceptors (Lipinski definition) is 9. The van der Waals surface area contributed by atoms with Gasteiger partial charge in [-0.3, -0.25) is 9.78 Å². The summed E-state index contributed by atoms with van der Waals surface area (Å²) in [5, 5.41) is 14.4. The van der Waals surface area contributed by atoms with Crippen LogP contribution in [0.2, 0.25) is 0 Å². The normalized spacial score (nSPS) is 17.7. The van der Waals surface area contributed by atoms with Gasteiger partial charge in [0.25, 0.3) is 5.91 Å². The second kappa shape index (κ2) is 9.94. The van der Waals surface area contributed by atoms with E-state index in [0.717, 1.165) is 25.7 Å².